The number of carbonyl (C=O) groups excluding carboxylic acids is 1. The van der Waals surface area contributed by atoms with Crippen molar-refractivity contribution in [2.45, 2.75) is 26.3 Å². The summed E-state index contributed by atoms with van der Waals surface area (Å²) in [6, 6.07) is 0. The molecule has 2 aromatic heterocycles. The Morgan fingerprint density at radius 2 is 2.12 bits per heavy atom. The van der Waals surface area contributed by atoms with Gasteiger partial charge >= 0.3 is 5.97 Å². The molecule has 1 saturated carbocycles. The Balaban J connectivity index is 1.53. The number of alkyl halides is 2. The van der Waals surface area contributed by atoms with Crippen LogP contribution in [0.1, 0.15) is 41.4 Å². The Hall–Kier alpha value is -2.58. The molecule has 2 aliphatic rings. The minimum atomic E-state index is -2.70. The highest BCUT2D eigenvalue weighted by molar-refractivity contribution is 5.88. The van der Waals surface area contributed by atoms with Gasteiger partial charge in [-0.2, -0.15) is 5.10 Å². The maximum atomic E-state index is 13.5. The van der Waals surface area contributed by atoms with Crippen LogP contribution in [0, 0.1) is 11.8 Å². The lowest BCUT2D eigenvalue weighted by molar-refractivity contribution is 0.0526. The summed E-state index contributed by atoms with van der Waals surface area (Å²) in [4.78, 5) is 22.0. The fraction of sp³-hybridized carbons (Fsp3) is 0.529. The van der Waals surface area contributed by atoms with Gasteiger partial charge in [-0.15, -0.1) is 0 Å². The number of piperidine rings is 1. The molecule has 4 rings (SSSR count). The molecule has 26 heavy (non-hydrogen) atoms. The summed E-state index contributed by atoms with van der Waals surface area (Å²) in [6.07, 6.45) is 2.77. The smallest absolute Gasteiger partial charge is 0.341 e. The van der Waals surface area contributed by atoms with E-state index in [0.717, 1.165) is 13.1 Å². The van der Waals surface area contributed by atoms with Crippen molar-refractivity contribution in [2.24, 2.45) is 11.8 Å². The van der Waals surface area contributed by atoms with Gasteiger partial charge in [-0.1, -0.05) is 0 Å². The van der Waals surface area contributed by atoms with Crippen molar-refractivity contribution in [1.82, 2.24) is 19.7 Å². The van der Waals surface area contributed by atoms with E-state index in [-0.39, 0.29) is 30.0 Å². The molecule has 7 nitrogen and oxygen atoms in total. The number of rotatable bonds is 6. The van der Waals surface area contributed by atoms with E-state index >= 15 is 0 Å². The Morgan fingerprint density at radius 1 is 1.35 bits per heavy atom. The first-order valence-electron chi connectivity index (χ1n) is 8.63. The Labute approximate surface area is 149 Å². The average molecular weight is 363 g/mol. The number of aromatic nitrogens is 4. The number of fused-ring (bicyclic) bond motifs is 1. The van der Waals surface area contributed by atoms with Crippen LogP contribution in [0.4, 0.5) is 14.7 Å². The second kappa shape index (κ2) is 6.62. The Bertz CT molecular complexity index is 815. The van der Waals surface area contributed by atoms with Crippen molar-refractivity contribution < 1.29 is 18.3 Å². The van der Waals surface area contributed by atoms with E-state index < -0.39 is 12.4 Å². The van der Waals surface area contributed by atoms with Crippen LogP contribution in [0.5, 0.6) is 0 Å². The van der Waals surface area contributed by atoms with Crippen LogP contribution >= 0.6 is 0 Å². The minimum Gasteiger partial charge on any atom is -0.462 e. The normalized spacial score (nSPS) is 21.2. The SMILES string of the molecule is CCOC(=O)c1cnn(Cc2cnc(N3CC4CC4C3)nc2C(F)F)c1. The molecule has 0 N–H and O–H groups in total. The predicted molar refractivity (Wildman–Crippen MR) is 88.1 cm³/mol. The summed E-state index contributed by atoms with van der Waals surface area (Å²) in [7, 11) is 0. The number of hydrogen-bond acceptors (Lipinski definition) is 6. The fourth-order valence-corrected chi connectivity index (χ4v) is 3.38. The van der Waals surface area contributed by atoms with E-state index in [0.29, 0.717) is 17.8 Å². The van der Waals surface area contributed by atoms with Crippen molar-refractivity contribution in [3.8, 4) is 0 Å². The van der Waals surface area contributed by atoms with Crippen LogP contribution in [-0.4, -0.2) is 45.4 Å². The predicted octanol–water partition coefficient (Wildman–Crippen LogP) is 2.29. The first-order valence-corrected chi connectivity index (χ1v) is 8.63. The van der Waals surface area contributed by atoms with Crippen molar-refractivity contribution in [3.63, 3.8) is 0 Å². The summed E-state index contributed by atoms with van der Waals surface area (Å²) in [6.45, 7) is 3.71. The molecule has 1 saturated heterocycles. The van der Waals surface area contributed by atoms with E-state index in [2.05, 4.69) is 15.1 Å². The molecule has 2 fully saturated rings. The zero-order chi connectivity index (χ0) is 18.3. The second-order valence-corrected chi connectivity index (χ2v) is 6.69. The molecule has 9 heteroatoms. The lowest BCUT2D eigenvalue weighted by Crippen LogP contribution is -2.25. The van der Waals surface area contributed by atoms with E-state index in [1.54, 1.807) is 6.92 Å². The zero-order valence-corrected chi connectivity index (χ0v) is 14.3. The maximum absolute atomic E-state index is 13.5. The van der Waals surface area contributed by atoms with E-state index in [4.69, 9.17) is 4.74 Å². The van der Waals surface area contributed by atoms with Gasteiger partial charge in [-0.3, -0.25) is 4.68 Å². The molecular formula is C17H19F2N5O2. The monoisotopic (exact) mass is 363 g/mol. The van der Waals surface area contributed by atoms with Gasteiger partial charge in [-0.25, -0.2) is 23.5 Å². The van der Waals surface area contributed by atoms with Gasteiger partial charge in [0.1, 0.15) is 5.69 Å². The third-order valence-corrected chi connectivity index (χ3v) is 4.83. The van der Waals surface area contributed by atoms with Crippen LogP contribution in [0.15, 0.2) is 18.6 Å². The Morgan fingerprint density at radius 3 is 2.81 bits per heavy atom. The average Bonchev–Trinajstić information content (AvgIpc) is 3.02. The highest BCUT2D eigenvalue weighted by Crippen LogP contribution is 2.45. The molecule has 2 unspecified atom stereocenters. The molecule has 1 aliphatic heterocycles. The molecular weight excluding hydrogens is 344 g/mol. The van der Waals surface area contributed by atoms with Crippen LogP contribution in [0.2, 0.25) is 0 Å². The third kappa shape index (κ3) is 3.25. The number of nitrogens with zero attached hydrogens (tertiary/aromatic N) is 5. The second-order valence-electron chi connectivity index (χ2n) is 6.69. The van der Waals surface area contributed by atoms with Crippen LogP contribution in [0.3, 0.4) is 0 Å². The number of esters is 1. The molecule has 0 amide bonds. The zero-order valence-electron chi connectivity index (χ0n) is 14.3. The topological polar surface area (TPSA) is 73.1 Å². The molecule has 0 aromatic carbocycles. The van der Waals surface area contributed by atoms with Gasteiger partial charge < -0.3 is 9.64 Å². The first kappa shape index (κ1) is 16.9. The molecule has 138 valence electrons. The standard InChI is InChI=1S/C17H19F2N5O2/c1-2-26-16(25)13-5-21-24(9-13)8-12-4-20-17(22-14(12)15(18)19)23-6-10-3-11(10)7-23/h4-5,9-11,15H,2-3,6-8H2,1H3. The molecule has 0 spiro atoms. The van der Waals surface area contributed by atoms with Crippen LogP contribution in [-0.2, 0) is 11.3 Å². The van der Waals surface area contributed by atoms with Crippen molar-refractivity contribution in [3.05, 3.63) is 35.4 Å². The molecule has 0 radical (unpaired) electrons. The van der Waals surface area contributed by atoms with Gasteiger partial charge in [0.2, 0.25) is 5.95 Å². The lowest BCUT2D eigenvalue weighted by Gasteiger charge is -2.19. The van der Waals surface area contributed by atoms with Crippen LogP contribution in [0.25, 0.3) is 0 Å². The number of hydrogen-bond donors (Lipinski definition) is 0. The first-order chi connectivity index (χ1) is 12.5. The van der Waals surface area contributed by atoms with Crippen molar-refractivity contribution in [2.75, 3.05) is 24.6 Å². The van der Waals surface area contributed by atoms with Gasteiger partial charge in [-0.05, 0) is 25.2 Å². The van der Waals surface area contributed by atoms with Gasteiger partial charge in [0.25, 0.3) is 6.43 Å². The molecule has 2 atom stereocenters. The van der Waals surface area contributed by atoms with Crippen LogP contribution < -0.4 is 4.90 Å². The number of ether oxygens (including phenoxy) is 1. The molecule has 3 heterocycles. The number of halogens is 2. The Kier molecular flexibility index (Phi) is 4.29. The molecule has 1 aliphatic carbocycles. The maximum Gasteiger partial charge on any atom is 0.341 e. The number of anilines is 1. The van der Waals surface area contributed by atoms with Gasteiger partial charge in [0.05, 0.1) is 24.9 Å². The third-order valence-electron chi connectivity index (χ3n) is 4.83. The molecule has 0 bridgehead atoms. The summed E-state index contributed by atoms with van der Waals surface area (Å²) >= 11 is 0. The largest absolute Gasteiger partial charge is 0.462 e. The number of carbonyl (C=O) groups is 1. The van der Waals surface area contributed by atoms with Crippen molar-refractivity contribution in [1.29, 1.82) is 0 Å². The van der Waals surface area contributed by atoms with E-state index in [9.17, 15) is 13.6 Å². The summed E-state index contributed by atoms with van der Waals surface area (Å²) < 4.78 is 33.3. The van der Waals surface area contributed by atoms with Gasteiger partial charge in [0, 0.05) is 31.0 Å². The quantitative estimate of drug-likeness (QED) is 0.733. The minimum absolute atomic E-state index is 0.0601. The van der Waals surface area contributed by atoms with Gasteiger partial charge in [0.15, 0.2) is 0 Å². The highest BCUT2D eigenvalue weighted by Gasteiger charge is 2.46. The summed E-state index contributed by atoms with van der Waals surface area (Å²) in [5, 5.41) is 4.04. The van der Waals surface area contributed by atoms with E-state index in [1.165, 1.54) is 29.7 Å². The lowest BCUT2D eigenvalue weighted by atomic mass is 10.2. The summed E-state index contributed by atoms with van der Waals surface area (Å²) in [5.41, 5.74) is 0.273. The molecule has 2 aromatic rings. The summed E-state index contributed by atoms with van der Waals surface area (Å²) in [5.74, 6) is 1.20. The fourth-order valence-electron chi connectivity index (χ4n) is 3.38. The van der Waals surface area contributed by atoms with Crippen molar-refractivity contribution >= 4 is 11.9 Å². The van der Waals surface area contributed by atoms with E-state index in [1.807, 2.05) is 4.90 Å². The highest BCUT2D eigenvalue weighted by atomic mass is 19.3.